The summed E-state index contributed by atoms with van der Waals surface area (Å²) in [4.78, 5) is 0. The fourth-order valence-corrected chi connectivity index (χ4v) is 7.96. The zero-order valence-corrected chi connectivity index (χ0v) is 25.7. The highest BCUT2D eigenvalue weighted by Crippen LogP contribution is 2.54. The molecule has 7 rings (SSSR count). The first kappa shape index (κ1) is 32.6. The number of rotatable bonds is 10. The highest BCUT2D eigenvalue weighted by atomic mass is 19.3. The van der Waals surface area contributed by atoms with Crippen LogP contribution in [0.5, 0.6) is 5.75 Å². The molecule has 0 unspecified atom stereocenters. The Labute approximate surface area is 260 Å². The van der Waals surface area contributed by atoms with Crippen molar-refractivity contribution in [3.8, 4) is 16.9 Å². The summed E-state index contributed by atoms with van der Waals surface area (Å²) in [6.45, 7) is 3.93. The largest absolute Gasteiger partial charge is 0.432 e. The maximum Gasteiger partial charge on any atom is 0.400 e. The highest BCUT2D eigenvalue weighted by molar-refractivity contribution is 5.65. The van der Waals surface area contributed by atoms with Gasteiger partial charge in [-0.05, 0) is 80.2 Å². The second-order valence-electron chi connectivity index (χ2n) is 13.7. The van der Waals surface area contributed by atoms with Crippen LogP contribution in [0.25, 0.3) is 11.1 Å². The van der Waals surface area contributed by atoms with Crippen molar-refractivity contribution < 1.29 is 45.3 Å². The molecule has 0 radical (unpaired) electrons. The van der Waals surface area contributed by atoms with Gasteiger partial charge in [-0.2, -0.15) is 8.78 Å². The van der Waals surface area contributed by atoms with E-state index in [1.807, 2.05) is 0 Å². The van der Waals surface area contributed by atoms with E-state index in [0.717, 1.165) is 37.0 Å². The zero-order chi connectivity index (χ0) is 31.8. The lowest BCUT2D eigenvalue weighted by molar-refractivity contribution is -0.494. The molecule has 2 aliphatic carbocycles. The van der Waals surface area contributed by atoms with E-state index in [0.29, 0.717) is 50.7 Å². The monoisotopic (exact) mass is 640 g/mol. The molecule has 2 aromatic rings. The van der Waals surface area contributed by atoms with Crippen LogP contribution in [0, 0.1) is 52.4 Å². The predicted octanol–water partition coefficient (Wildman–Crippen LogP) is 9.79. The van der Waals surface area contributed by atoms with Crippen molar-refractivity contribution in [3.63, 3.8) is 0 Å². The van der Waals surface area contributed by atoms with Gasteiger partial charge in [0.05, 0.1) is 25.7 Å². The first-order chi connectivity index (χ1) is 21.5. The quantitative estimate of drug-likeness (QED) is 0.147. The summed E-state index contributed by atoms with van der Waals surface area (Å²) < 4.78 is 110. The van der Waals surface area contributed by atoms with Crippen LogP contribution in [-0.4, -0.2) is 31.9 Å². The van der Waals surface area contributed by atoms with E-state index in [1.54, 1.807) is 0 Å². The standard InChI is InChI=1S/C35H42F6O4/c1-2-3-4-5-22-6-8-24(9-7-22)33-19-42-35(43-20-33,44-21-33)26-12-10-25(11-13-26)34(40,41)45-27-14-15-28(29(36)18-27)23-16-30(37)32(39)31(38)17-23/h14-18,22,24-26H,2-13,19-21H2,1H3. The van der Waals surface area contributed by atoms with Gasteiger partial charge >= 0.3 is 6.11 Å². The molecule has 2 bridgehead atoms. The van der Waals surface area contributed by atoms with Crippen molar-refractivity contribution in [1.29, 1.82) is 0 Å². The van der Waals surface area contributed by atoms with Gasteiger partial charge in [-0.15, -0.1) is 0 Å². The minimum absolute atomic E-state index is 0.136. The summed E-state index contributed by atoms with van der Waals surface area (Å²) in [7, 11) is 0. The third kappa shape index (κ3) is 6.61. The number of ether oxygens (including phenoxy) is 4. The molecular weight excluding hydrogens is 598 g/mol. The van der Waals surface area contributed by atoms with E-state index in [-0.39, 0.29) is 35.3 Å². The van der Waals surface area contributed by atoms with Crippen LogP contribution in [0.3, 0.4) is 0 Å². The Morgan fingerprint density at radius 2 is 1.36 bits per heavy atom. The Bertz CT molecular complexity index is 1290. The number of alkyl halides is 2. The van der Waals surface area contributed by atoms with Gasteiger partial charge in [0.15, 0.2) is 17.5 Å². The topological polar surface area (TPSA) is 36.9 Å². The van der Waals surface area contributed by atoms with Crippen molar-refractivity contribution in [2.24, 2.45) is 29.1 Å². The molecule has 10 heteroatoms. The number of hydrogen-bond acceptors (Lipinski definition) is 4. The number of unbranched alkanes of at least 4 members (excludes halogenated alkanes) is 2. The molecule has 0 N–H and O–H groups in total. The van der Waals surface area contributed by atoms with Crippen LogP contribution in [0.4, 0.5) is 26.3 Å². The Hall–Kier alpha value is -2.30. The van der Waals surface area contributed by atoms with Crippen molar-refractivity contribution in [2.75, 3.05) is 19.8 Å². The molecule has 3 heterocycles. The minimum Gasteiger partial charge on any atom is -0.432 e. The number of benzene rings is 2. The van der Waals surface area contributed by atoms with Crippen LogP contribution >= 0.6 is 0 Å². The van der Waals surface area contributed by atoms with Crippen LogP contribution < -0.4 is 4.74 Å². The van der Waals surface area contributed by atoms with Crippen LogP contribution in [0.2, 0.25) is 0 Å². The Morgan fingerprint density at radius 1 is 0.756 bits per heavy atom. The number of fused-ring (bicyclic) bond motifs is 3. The van der Waals surface area contributed by atoms with Crippen molar-refractivity contribution in [3.05, 3.63) is 53.6 Å². The average molecular weight is 641 g/mol. The lowest BCUT2D eigenvalue weighted by Gasteiger charge is -2.58. The number of halogens is 6. The number of hydrogen-bond donors (Lipinski definition) is 0. The van der Waals surface area contributed by atoms with Gasteiger partial charge in [0, 0.05) is 23.0 Å². The third-order valence-corrected chi connectivity index (χ3v) is 10.8. The molecule has 0 atom stereocenters. The van der Waals surface area contributed by atoms with Crippen LogP contribution in [-0.2, 0) is 14.2 Å². The first-order valence-corrected chi connectivity index (χ1v) is 16.5. The zero-order valence-electron chi connectivity index (χ0n) is 25.7. The van der Waals surface area contributed by atoms with Gasteiger partial charge < -0.3 is 18.9 Å². The predicted molar refractivity (Wildman–Crippen MR) is 155 cm³/mol. The Morgan fingerprint density at radius 3 is 1.93 bits per heavy atom. The molecule has 3 aliphatic heterocycles. The Kier molecular flexibility index (Phi) is 9.48. The summed E-state index contributed by atoms with van der Waals surface area (Å²) in [5.74, 6) is -7.29. The van der Waals surface area contributed by atoms with Crippen molar-refractivity contribution >= 4 is 0 Å². The maximum absolute atomic E-state index is 15.2. The summed E-state index contributed by atoms with van der Waals surface area (Å²) >= 11 is 0. The van der Waals surface area contributed by atoms with Gasteiger partial charge in [-0.1, -0.05) is 45.4 Å². The molecule has 0 spiro atoms. The lowest BCUT2D eigenvalue weighted by atomic mass is 9.66. The second-order valence-corrected chi connectivity index (χ2v) is 13.7. The maximum atomic E-state index is 15.2. The van der Waals surface area contributed by atoms with E-state index in [9.17, 15) is 17.6 Å². The van der Waals surface area contributed by atoms with E-state index in [4.69, 9.17) is 18.9 Å². The summed E-state index contributed by atoms with van der Waals surface area (Å²) in [6, 6.07) is 4.18. The molecule has 248 valence electrons. The van der Waals surface area contributed by atoms with Crippen molar-refractivity contribution in [2.45, 2.75) is 96.1 Å². The van der Waals surface area contributed by atoms with E-state index in [2.05, 4.69) is 6.92 Å². The molecule has 45 heavy (non-hydrogen) atoms. The SMILES string of the molecule is CCCCCC1CCC(C23COC(C4CCC(C(F)(F)Oc5ccc(-c6cc(F)c(F)c(F)c6)c(F)c5)CC4)(OC2)OC3)CC1. The second kappa shape index (κ2) is 13.1. The molecule has 3 saturated heterocycles. The highest BCUT2D eigenvalue weighted by Gasteiger charge is 2.60. The molecule has 0 amide bonds. The Balaban J connectivity index is 1.01. The fourth-order valence-electron chi connectivity index (χ4n) is 7.96. The average Bonchev–Trinajstić information content (AvgIpc) is 3.05. The molecule has 2 saturated carbocycles. The van der Waals surface area contributed by atoms with E-state index >= 15 is 8.78 Å². The first-order valence-electron chi connectivity index (χ1n) is 16.5. The van der Waals surface area contributed by atoms with E-state index < -0.39 is 47.0 Å². The minimum atomic E-state index is -3.59. The summed E-state index contributed by atoms with van der Waals surface area (Å²) in [6.07, 6.45) is 7.47. The molecule has 0 aromatic heterocycles. The third-order valence-electron chi connectivity index (χ3n) is 10.8. The summed E-state index contributed by atoms with van der Waals surface area (Å²) in [5, 5.41) is 0. The smallest absolute Gasteiger partial charge is 0.400 e. The molecule has 5 fully saturated rings. The van der Waals surface area contributed by atoms with Gasteiger partial charge in [-0.3, -0.25) is 0 Å². The fraction of sp³-hybridized carbons (Fsp3) is 0.657. The molecule has 2 aromatic carbocycles. The van der Waals surface area contributed by atoms with Gasteiger partial charge in [0.1, 0.15) is 11.6 Å². The van der Waals surface area contributed by atoms with Crippen LogP contribution in [0.1, 0.15) is 84.0 Å². The van der Waals surface area contributed by atoms with E-state index in [1.165, 1.54) is 38.5 Å². The van der Waals surface area contributed by atoms with Crippen molar-refractivity contribution in [1.82, 2.24) is 0 Å². The van der Waals surface area contributed by atoms with Gasteiger partial charge in [0.2, 0.25) is 0 Å². The molecular formula is C35H42F6O4. The van der Waals surface area contributed by atoms with Gasteiger partial charge in [0.25, 0.3) is 5.97 Å². The molecule has 4 nitrogen and oxygen atoms in total. The van der Waals surface area contributed by atoms with Crippen LogP contribution in [0.15, 0.2) is 30.3 Å². The lowest BCUT2D eigenvalue weighted by Crippen LogP contribution is -2.65. The van der Waals surface area contributed by atoms with Gasteiger partial charge in [-0.25, -0.2) is 17.6 Å². The molecule has 5 aliphatic rings. The summed E-state index contributed by atoms with van der Waals surface area (Å²) in [5.41, 5.74) is -0.681. The normalized spacial score (nSPS) is 32.1.